The number of hydrogen-bond donors (Lipinski definition) is 1. The van der Waals surface area contributed by atoms with E-state index in [1.54, 1.807) is 25.3 Å². The molecule has 1 N–H and O–H groups in total. The number of ether oxygens (including phenoxy) is 2. The van der Waals surface area contributed by atoms with Gasteiger partial charge in [0.1, 0.15) is 5.75 Å². The van der Waals surface area contributed by atoms with Crippen molar-refractivity contribution < 1.29 is 19.1 Å². The van der Waals surface area contributed by atoms with Crippen molar-refractivity contribution in [2.24, 2.45) is 11.8 Å². The highest BCUT2D eigenvalue weighted by molar-refractivity contribution is 5.98. The van der Waals surface area contributed by atoms with Crippen LogP contribution in [0.2, 0.25) is 0 Å². The van der Waals surface area contributed by atoms with Gasteiger partial charge in [0.2, 0.25) is 0 Å². The lowest BCUT2D eigenvalue weighted by Crippen LogP contribution is -2.44. The maximum atomic E-state index is 13.1. The number of carbonyl (C=O) groups is 2. The third kappa shape index (κ3) is 4.73. The van der Waals surface area contributed by atoms with Crippen molar-refractivity contribution >= 4 is 17.7 Å². The van der Waals surface area contributed by atoms with Gasteiger partial charge in [0.25, 0.3) is 5.91 Å². The van der Waals surface area contributed by atoms with E-state index < -0.39 is 6.09 Å². The molecule has 0 aromatic heterocycles. The van der Waals surface area contributed by atoms with Crippen LogP contribution in [-0.4, -0.2) is 43.7 Å². The molecule has 3 rings (SSSR count). The van der Waals surface area contributed by atoms with Crippen LogP contribution in [0.4, 0.5) is 10.5 Å². The van der Waals surface area contributed by atoms with Crippen molar-refractivity contribution in [3.8, 4) is 5.75 Å². The monoisotopic (exact) mass is 374 g/mol. The first kappa shape index (κ1) is 19.5. The summed E-state index contributed by atoms with van der Waals surface area (Å²) in [4.78, 5) is 26.7. The molecule has 1 saturated carbocycles. The van der Waals surface area contributed by atoms with Crippen LogP contribution < -0.4 is 10.1 Å². The van der Waals surface area contributed by atoms with Gasteiger partial charge in [-0.3, -0.25) is 10.1 Å². The average molecular weight is 374 g/mol. The lowest BCUT2D eigenvalue weighted by Gasteiger charge is -2.41. The predicted octanol–water partition coefficient (Wildman–Crippen LogP) is 4.31. The summed E-state index contributed by atoms with van der Waals surface area (Å²) in [5.74, 6) is 1.90. The maximum Gasteiger partial charge on any atom is 0.411 e. The van der Waals surface area contributed by atoms with Gasteiger partial charge >= 0.3 is 6.09 Å². The minimum atomic E-state index is -0.502. The maximum absolute atomic E-state index is 13.1. The fourth-order valence-corrected chi connectivity index (χ4v) is 4.25. The summed E-state index contributed by atoms with van der Waals surface area (Å²) < 4.78 is 10.5. The molecule has 1 heterocycles. The Morgan fingerprint density at radius 2 is 1.96 bits per heavy atom. The van der Waals surface area contributed by atoms with E-state index in [1.165, 1.54) is 25.7 Å². The van der Waals surface area contributed by atoms with Gasteiger partial charge in [0, 0.05) is 24.8 Å². The number of rotatable bonds is 5. The number of methoxy groups -OCH3 is 1. The minimum Gasteiger partial charge on any atom is -0.496 e. The van der Waals surface area contributed by atoms with Gasteiger partial charge in [0.05, 0.1) is 19.3 Å². The molecule has 27 heavy (non-hydrogen) atoms. The predicted molar refractivity (Wildman–Crippen MR) is 104 cm³/mol. The van der Waals surface area contributed by atoms with Crippen molar-refractivity contribution in [3.63, 3.8) is 0 Å². The molecule has 2 atom stereocenters. The summed E-state index contributed by atoms with van der Waals surface area (Å²) in [6.45, 7) is 3.96. The number of carbonyl (C=O) groups excluding carboxylic acids is 2. The van der Waals surface area contributed by atoms with Crippen molar-refractivity contribution in [1.82, 2.24) is 4.90 Å². The van der Waals surface area contributed by atoms with Crippen LogP contribution in [0.15, 0.2) is 18.2 Å². The molecule has 1 aliphatic heterocycles. The van der Waals surface area contributed by atoms with Crippen LogP contribution >= 0.6 is 0 Å². The summed E-state index contributed by atoms with van der Waals surface area (Å²) >= 11 is 0. The number of nitrogens with zero attached hydrogens (tertiary/aromatic N) is 1. The second-order valence-corrected chi connectivity index (χ2v) is 7.52. The molecule has 1 aromatic carbocycles. The van der Waals surface area contributed by atoms with E-state index in [-0.39, 0.29) is 5.91 Å². The molecule has 0 unspecified atom stereocenters. The topological polar surface area (TPSA) is 67.9 Å². The van der Waals surface area contributed by atoms with Gasteiger partial charge in [-0.1, -0.05) is 26.2 Å². The SMILES string of the molecule is CCCOC(=O)Nc1ccc(C(=O)N2CC[C@H]3CCCC[C@H]3C2)c(OC)c1. The van der Waals surface area contributed by atoms with Crippen molar-refractivity contribution in [1.29, 1.82) is 0 Å². The number of anilines is 1. The van der Waals surface area contributed by atoms with E-state index in [0.29, 0.717) is 29.5 Å². The van der Waals surface area contributed by atoms with Gasteiger partial charge in [-0.15, -0.1) is 0 Å². The van der Waals surface area contributed by atoms with E-state index in [9.17, 15) is 9.59 Å². The summed E-state index contributed by atoms with van der Waals surface area (Å²) in [7, 11) is 1.54. The number of nitrogens with one attached hydrogen (secondary N) is 1. The van der Waals surface area contributed by atoms with Crippen LogP contribution in [-0.2, 0) is 4.74 Å². The quantitative estimate of drug-likeness (QED) is 0.834. The number of likely N-dealkylation sites (tertiary alicyclic amines) is 1. The van der Waals surface area contributed by atoms with Gasteiger partial charge in [-0.05, 0) is 43.2 Å². The van der Waals surface area contributed by atoms with Crippen molar-refractivity contribution in [2.45, 2.75) is 45.4 Å². The van der Waals surface area contributed by atoms with Crippen molar-refractivity contribution in [2.75, 3.05) is 32.1 Å². The number of fused-ring (bicyclic) bond motifs is 1. The zero-order valence-electron chi connectivity index (χ0n) is 16.3. The van der Waals surface area contributed by atoms with Crippen molar-refractivity contribution in [3.05, 3.63) is 23.8 Å². The van der Waals surface area contributed by atoms with Crippen LogP contribution in [0.5, 0.6) is 5.75 Å². The van der Waals surface area contributed by atoms with E-state index in [2.05, 4.69) is 5.32 Å². The molecule has 0 spiro atoms. The number of amides is 2. The second-order valence-electron chi connectivity index (χ2n) is 7.52. The number of piperidine rings is 1. The normalized spacial score (nSPS) is 21.9. The first-order valence-corrected chi connectivity index (χ1v) is 10.0. The third-order valence-corrected chi connectivity index (χ3v) is 5.69. The van der Waals surface area contributed by atoms with Crippen LogP contribution in [0.3, 0.4) is 0 Å². The largest absolute Gasteiger partial charge is 0.496 e. The lowest BCUT2D eigenvalue weighted by molar-refractivity contribution is 0.0518. The Morgan fingerprint density at radius 1 is 1.19 bits per heavy atom. The van der Waals surface area contributed by atoms with Gasteiger partial charge < -0.3 is 14.4 Å². The molecule has 1 saturated heterocycles. The Bertz CT molecular complexity index is 676. The second kappa shape index (κ2) is 9.11. The molecule has 0 radical (unpaired) electrons. The Morgan fingerprint density at radius 3 is 2.70 bits per heavy atom. The number of benzene rings is 1. The molecule has 148 valence electrons. The summed E-state index contributed by atoms with van der Waals surface area (Å²) in [6.07, 6.45) is 6.51. The van der Waals surface area contributed by atoms with E-state index in [1.807, 2.05) is 11.8 Å². The zero-order chi connectivity index (χ0) is 19.2. The molecule has 0 bridgehead atoms. The van der Waals surface area contributed by atoms with Gasteiger partial charge in [0.15, 0.2) is 0 Å². The molecule has 6 heteroatoms. The fourth-order valence-electron chi connectivity index (χ4n) is 4.25. The Hall–Kier alpha value is -2.24. The van der Waals surface area contributed by atoms with E-state index >= 15 is 0 Å². The molecular formula is C21H30N2O4. The van der Waals surface area contributed by atoms with Gasteiger partial charge in [-0.25, -0.2) is 4.79 Å². The molecule has 2 amide bonds. The highest BCUT2D eigenvalue weighted by Crippen LogP contribution is 2.37. The first-order valence-electron chi connectivity index (χ1n) is 10.0. The van der Waals surface area contributed by atoms with E-state index in [4.69, 9.17) is 9.47 Å². The summed E-state index contributed by atoms with van der Waals surface area (Å²) in [5, 5.41) is 2.67. The average Bonchev–Trinajstić information content (AvgIpc) is 2.71. The fraction of sp³-hybridized carbons (Fsp3) is 0.619. The summed E-state index contributed by atoms with van der Waals surface area (Å²) in [6, 6.07) is 5.12. The van der Waals surface area contributed by atoms with Gasteiger partial charge in [-0.2, -0.15) is 0 Å². The number of hydrogen-bond acceptors (Lipinski definition) is 4. The highest BCUT2D eigenvalue weighted by atomic mass is 16.5. The smallest absolute Gasteiger partial charge is 0.411 e. The molecule has 1 aromatic rings. The van der Waals surface area contributed by atoms with E-state index in [0.717, 1.165) is 31.8 Å². The van der Waals surface area contributed by atoms with Crippen LogP contribution in [0.1, 0.15) is 55.8 Å². The summed E-state index contributed by atoms with van der Waals surface area (Å²) in [5.41, 5.74) is 1.09. The standard InChI is InChI=1S/C21H30N2O4/c1-3-12-27-21(25)22-17-8-9-18(19(13-17)26-2)20(24)23-11-10-15-6-4-5-7-16(15)14-23/h8-9,13,15-16H,3-7,10-12,14H2,1-2H3,(H,22,25)/t15-,16+/m1/s1. The highest BCUT2D eigenvalue weighted by Gasteiger charge is 2.33. The third-order valence-electron chi connectivity index (χ3n) is 5.69. The molecular weight excluding hydrogens is 344 g/mol. The Balaban J connectivity index is 1.68. The molecule has 2 fully saturated rings. The molecule has 2 aliphatic rings. The first-order chi connectivity index (χ1) is 13.1. The minimum absolute atomic E-state index is 0.0102. The molecule has 6 nitrogen and oxygen atoms in total. The Labute approximate surface area is 161 Å². The molecule has 1 aliphatic carbocycles. The lowest BCUT2D eigenvalue weighted by atomic mass is 9.75. The Kier molecular flexibility index (Phi) is 6.58. The van der Waals surface area contributed by atoms with Crippen LogP contribution in [0.25, 0.3) is 0 Å². The zero-order valence-corrected chi connectivity index (χ0v) is 16.3. The van der Waals surface area contributed by atoms with Crippen LogP contribution in [0, 0.1) is 11.8 Å².